The lowest BCUT2D eigenvalue weighted by molar-refractivity contribution is -0.118. The molecule has 0 aliphatic carbocycles. The molecule has 0 atom stereocenters. The Morgan fingerprint density at radius 3 is 2.74 bits per heavy atom. The van der Waals surface area contributed by atoms with Gasteiger partial charge in [0.1, 0.15) is 5.75 Å². The minimum atomic E-state index is 0.00948. The first-order chi connectivity index (χ1) is 9.08. The molecule has 3 heteroatoms. The molecule has 0 unspecified atom stereocenters. The van der Waals surface area contributed by atoms with E-state index in [4.69, 9.17) is 4.74 Å². The van der Waals surface area contributed by atoms with Crippen LogP contribution < -0.4 is 10.1 Å². The standard InChI is InChI=1S/C16H23NO2/c1-5-14(9-10-17-13(4)18)16-11-15(19-6-2)8-7-12(16)3/h5,7-8,11H,6,9-10H2,1-4H3,(H,17,18)/b14-5-. The predicted molar refractivity (Wildman–Crippen MR) is 79.3 cm³/mol. The zero-order valence-electron chi connectivity index (χ0n) is 12.2. The summed E-state index contributed by atoms with van der Waals surface area (Å²) in [4.78, 5) is 10.9. The van der Waals surface area contributed by atoms with Crippen LogP contribution in [0.3, 0.4) is 0 Å². The number of rotatable bonds is 6. The number of carbonyl (C=O) groups excluding carboxylic acids is 1. The first kappa shape index (κ1) is 15.3. The highest BCUT2D eigenvalue weighted by Crippen LogP contribution is 2.26. The molecule has 0 radical (unpaired) electrons. The van der Waals surface area contributed by atoms with E-state index in [-0.39, 0.29) is 5.91 Å². The molecule has 0 aromatic heterocycles. The van der Waals surface area contributed by atoms with Crippen molar-refractivity contribution in [3.8, 4) is 5.75 Å². The van der Waals surface area contributed by atoms with E-state index in [1.807, 2.05) is 19.9 Å². The van der Waals surface area contributed by atoms with E-state index >= 15 is 0 Å². The summed E-state index contributed by atoms with van der Waals surface area (Å²) in [5, 5.41) is 2.83. The molecule has 1 aromatic carbocycles. The van der Waals surface area contributed by atoms with Gasteiger partial charge in [-0.2, -0.15) is 0 Å². The van der Waals surface area contributed by atoms with Crippen LogP contribution in [0.15, 0.2) is 24.3 Å². The van der Waals surface area contributed by atoms with E-state index in [0.717, 1.165) is 12.2 Å². The molecule has 1 N–H and O–H groups in total. The molecule has 0 spiro atoms. The summed E-state index contributed by atoms with van der Waals surface area (Å²) in [5.41, 5.74) is 3.64. The van der Waals surface area contributed by atoms with Crippen LogP contribution >= 0.6 is 0 Å². The second-order valence-corrected chi connectivity index (χ2v) is 4.46. The molecule has 0 heterocycles. The molecule has 0 saturated carbocycles. The number of benzene rings is 1. The number of ether oxygens (including phenoxy) is 1. The minimum Gasteiger partial charge on any atom is -0.494 e. The smallest absolute Gasteiger partial charge is 0.216 e. The van der Waals surface area contributed by atoms with E-state index in [0.29, 0.717) is 13.2 Å². The lowest BCUT2D eigenvalue weighted by Crippen LogP contribution is -2.21. The Bertz CT molecular complexity index is 464. The predicted octanol–water partition coefficient (Wildman–Crippen LogP) is 3.32. The number of nitrogens with one attached hydrogen (secondary N) is 1. The van der Waals surface area contributed by atoms with Crippen LogP contribution in [0.25, 0.3) is 5.57 Å². The largest absolute Gasteiger partial charge is 0.494 e. The molecule has 0 bridgehead atoms. The maximum atomic E-state index is 10.9. The van der Waals surface area contributed by atoms with Crippen molar-refractivity contribution in [1.29, 1.82) is 0 Å². The highest BCUT2D eigenvalue weighted by molar-refractivity contribution is 5.74. The molecule has 1 aromatic rings. The van der Waals surface area contributed by atoms with Crippen molar-refractivity contribution in [3.05, 3.63) is 35.4 Å². The Morgan fingerprint density at radius 2 is 2.16 bits per heavy atom. The number of hydrogen-bond acceptors (Lipinski definition) is 2. The normalized spacial score (nSPS) is 11.3. The molecule has 0 saturated heterocycles. The van der Waals surface area contributed by atoms with E-state index < -0.39 is 0 Å². The Kier molecular flexibility index (Phi) is 6.13. The van der Waals surface area contributed by atoms with Crippen molar-refractivity contribution in [3.63, 3.8) is 0 Å². The van der Waals surface area contributed by atoms with Gasteiger partial charge in [-0.3, -0.25) is 4.79 Å². The fourth-order valence-electron chi connectivity index (χ4n) is 2.01. The van der Waals surface area contributed by atoms with Crippen LogP contribution in [-0.2, 0) is 4.79 Å². The van der Waals surface area contributed by atoms with Gasteiger partial charge >= 0.3 is 0 Å². The summed E-state index contributed by atoms with van der Waals surface area (Å²) in [6, 6.07) is 6.13. The third kappa shape index (κ3) is 4.78. The maximum Gasteiger partial charge on any atom is 0.216 e. The van der Waals surface area contributed by atoms with E-state index in [2.05, 4.69) is 30.4 Å². The summed E-state index contributed by atoms with van der Waals surface area (Å²) in [5.74, 6) is 0.900. The van der Waals surface area contributed by atoms with Crippen LogP contribution in [0.1, 0.15) is 38.3 Å². The van der Waals surface area contributed by atoms with Crippen molar-refractivity contribution < 1.29 is 9.53 Å². The highest BCUT2D eigenvalue weighted by atomic mass is 16.5. The number of carbonyl (C=O) groups is 1. The van der Waals surface area contributed by atoms with Gasteiger partial charge in [0.25, 0.3) is 0 Å². The zero-order valence-corrected chi connectivity index (χ0v) is 12.2. The SMILES string of the molecule is C/C=C(/CCNC(C)=O)c1cc(OCC)ccc1C. The Labute approximate surface area is 115 Å². The van der Waals surface area contributed by atoms with Gasteiger partial charge in [0.05, 0.1) is 6.61 Å². The van der Waals surface area contributed by atoms with Gasteiger partial charge < -0.3 is 10.1 Å². The molecule has 19 heavy (non-hydrogen) atoms. The van der Waals surface area contributed by atoms with Gasteiger partial charge in [0.15, 0.2) is 0 Å². The maximum absolute atomic E-state index is 10.9. The molecule has 0 fully saturated rings. The lowest BCUT2D eigenvalue weighted by Gasteiger charge is -2.13. The first-order valence-corrected chi connectivity index (χ1v) is 6.72. The van der Waals surface area contributed by atoms with Crippen LogP contribution in [0.2, 0.25) is 0 Å². The number of allylic oxidation sites excluding steroid dienone is 1. The zero-order chi connectivity index (χ0) is 14.3. The average Bonchev–Trinajstić information content (AvgIpc) is 2.37. The van der Waals surface area contributed by atoms with Crippen LogP contribution in [0.5, 0.6) is 5.75 Å². The molecular formula is C16H23NO2. The highest BCUT2D eigenvalue weighted by Gasteiger charge is 2.06. The van der Waals surface area contributed by atoms with Gasteiger partial charge in [0, 0.05) is 13.5 Å². The molecule has 0 aliphatic rings. The molecule has 104 valence electrons. The van der Waals surface area contributed by atoms with Crippen molar-refractivity contribution >= 4 is 11.5 Å². The summed E-state index contributed by atoms with van der Waals surface area (Å²) in [7, 11) is 0. The second kappa shape index (κ2) is 7.62. The monoisotopic (exact) mass is 261 g/mol. The van der Waals surface area contributed by atoms with Gasteiger partial charge in [-0.1, -0.05) is 12.1 Å². The van der Waals surface area contributed by atoms with Crippen LogP contribution in [0, 0.1) is 6.92 Å². The van der Waals surface area contributed by atoms with Gasteiger partial charge in [0.2, 0.25) is 5.91 Å². The van der Waals surface area contributed by atoms with Crippen LogP contribution in [-0.4, -0.2) is 19.1 Å². The molecule has 3 nitrogen and oxygen atoms in total. The molecule has 1 amide bonds. The average molecular weight is 261 g/mol. The topological polar surface area (TPSA) is 38.3 Å². The van der Waals surface area contributed by atoms with Crippen molar-refractivity contribution in [1.82, 2.24) is 5.32 Å². The first-order valence-electron chi connectivity index (χ1n) is 6.72. The Balaban J connectivity index is 2.85. The number of hydrogen-bond donors (Lipinski definition) is 1. The summed E-state index contributed by atoms with van der Waals surface area (Å²) in [6.07, 6.45) is 2.92. The fourth-order valence-corrected chi connectivity index (χ4v) is 2.01. The van der Waals surface area contributed by atoms with E-state index in [1.165, 1.54) is 23.6 Å². The van der Waals surface area contributed by atoms with Crippen LogP contribution in [0.4, 0.5) is 0 Å². The molecule has 1 rings (SSSR count). The Morgan fingerprint density at radius 1 is 1.42 bits per heavy atom. The summed E-state index contributed by atoms with van der Waals surface area (Å²) in [6.45, 7) is 8.96. The van der Waals surface area contributed by atoms with E-state index in [1.54, 1.807) is 0 Å². The fraction of sp³-hybridized carbons (Fsp3) is 0.438. The number of amides is 1. The number of aryl methyl sites for hydroxylation is 1. The van der Waals surface area contributed by atoms with E-state index in [9.17, 15) is 4.79 Å². The quantitative estimate of drug-likeness (QED) is 0.853. The van der Waals surface area contributed by atoms with Gasteiger partial charge in [-0.05, 0) is 56.0 Å². The third-order valence-corrected chi connectivity index (χ3v) is 2.98. The summed E-state index contributed by atoms with van der Waals surface area (Å²) >= 11 is 0. The van der Waals surface area contributed by atoms with Crippen molar-refractivity contribution in [2.24, 2.45) is 0 Å². The van der Waals surface area contributed by atoms with Crippen molar-refractivity contribution in [2.75, 3.05) is 13.2 Å². The molecule has 0 aliphatic heterocycles. The minimum absolute atomic E-state index is 0.00948. The van der Waals surface area contributed by atoms with Gasteiger partial charge in [-0.25, -0.2) is 0 Å². The third-order valence-electron chi connectivity index (χ3n) is 2.98. The lowest BCUT2D eigenvalue weighted by atomic mass is 9.97. The Hall–Kier alpha value is -1.77. The molecular weight excluding hydrogens is 238 g/mol. The second-order valence-electron chi connectivity index (χ2n) is 4.46. The van der Waals surface area contributed by atoms with Crippen molar-refractivity contribution in [2.45, 2.75) is 34.1 Å². The summed E-state index contributed by atoms with van der Waals surface area (Å²) < 4.78 is 5.54. The van der Waals surface area contributed by atoms with Gasteiger partial charge in [-0.15, -0.1) is 0 Å².